The Hall–Kier alpha value is -1.51. The fourth-order valence-corrected chi connectivity index (χ4v) is 4.70. The molecule has 0 atom stereocenters. The molecule has 0 amide bonds. The van der Waals surface area contributed by atoms with Gasteiger partial charge in [0.05, 0.1) is 5.69 Å². The van der Waals surface area contributed by atoms with E-state index in [2.05, 4.69) is 72.5 Å². The smallest absolute Gasteiger partial charge is 0.158 e. The second-order valence-electron chi connectivity index (χ2n) is 8.50. The molecule has 3 aromatic rings. The molecule has 27 heavy (non-hydrogen) atoms. The first kappa shape index (κ1) is 20.2. The SMILES string of the molecule is Cc1cc(-c2c(C(C)C)c(Br)nn2COCC[Si](C)(C)C)cn2ncnc12. The highest BCUT2D eigenvalue weighted by atomic mass is 79.9. The number of aryl methyl sites for hydroxylation is 1. The Labute approximate surface area is 170 Å². The molecule has 0 radical (unpaired) electrons. The lowest BCUT2D eigenvalue weighted by atomic mass is 10.00. The van der Waals surface area contributed by atoms with Crippen molar-refractivity contribution in [3.63, 3.8) is 0 Å². The van der Waals surface area contributed by atoms with Crippen molar-refractivity contribution in [2.24, 2.45) is 0 Å². The molecule has 0 aliphatic heterocycles. The number of halogens is 1. The van der Waals surface area contributed by atoms with Crippen LogP contribution in [-0.2, 0) is 11.5 Å². The molecule has 0 saturated heterocycles. The number of rotatable bonds is 7. The molecule has 6 nitrogen and oxygen atoms in total. The normalized spacial score (nSPS) is 12.4. The van der Waals surface area contributed by atoms with Gasteiger partial charge in [0.25, 0.3) is 0 Å². The van der Waals surface area contributed by atoms with Crippen LogP contribution in [0.2, 0.25) is 25.7 Å². The molecular formula is C19H28BrN5OSi. The summed E-state index contributed by atoms with van der Waals surface area (Å²) in [6.07, 6.45) is 3.60. The third-order valence-electron chi connectivity index (χ3n) is 4.56. The van der Waals surface area contributed by atoms with Crippen molar-refractivity contribution in [2.75, 3.05) is 6.61 Å². The molecule has 8 heteroatoms. The molecule has 0 aliphatic rings. The maximum Gasteiger partial charge on any atom is 0.158 e. The second kappa shape index (κ2) is 7.85. The maximum absolute atomic E-state index is 5.99. The number of pyridine rings is 1. The first-order chi connectivity index (χ1) is 12.7. The van der Waals surface area contributed by atoms with Gasteiger partial charge >= 0.3 is 0 Å². The Morgan fingerprint density at radius 1 is 1.26 bits per heavy atom. The van der Waals surface area contributed by atoms with Crippen LogP contribution < -0.4 is 0 Å². The van der Waals surface area contributed by atoms with Crippen LogP contribution in [0.25, 0.3) is 16.9 Å². The Morgan fingerprint density at radius 3 is 2.67 bits per heavy atom. The van der Waals surface area contributed by atoms with E-state index in [0.29, 0.717) is 12.6 Å². The molecule has 0 spiro atoms. The molecular weight excluding hydrogens is 422 g/mol. The van der Waals surface area contributed by atoms with Crippen LogP contribution >= 0.6 is 15.9 Å². The first-order valence-electron chi connectivity index (χ1n) is 9.31. The van der Waals surface area contributed by atoms with E-state index in [-0.39, 0.29) is 0 Å². The Kier molecular flexibility index (Phi) is 5.88. The molecule has 3 heterocycles. The molecule has 0 N–H and O–H groups in total. The predicted octanol–water partition coefficient (Wildman–Crippen LogP) is 5.10. The van der Waals surface area contributed by atoms with Gasteiger partial charge in [0.2, 0.25) is 0 Å². The Morgan fingerprint density at radius 2 is 2.00 bits per heavy atom. The third kappa shape index (κ3) is 4.49. The highest BCUT2D eigenvalue weighted by Crippen LogP contribution is 2.35. The molecule has 0 saturated carbocycles. The molecule has 0 aromatic carbocycles. The van der Waals surface area contributed by atoms with Crippen molar-refractivity contribution in [2.45, 2.75) is 59.1 Å². The van der Waals surface area contributed by atoms with Gasteiger partial charge in [-0.15, -0.1) is 0 Å². The van der Waals surface area contributed by atoms with Crippen molar-refractivity contribution in [3.05, 3.63) is 34.3 Å². The lowest BCUT2D eigenvalue weighted by Gasteiger charge is -2.16. The maximum atomic E-state index is 5.99. The number of aromatic nitrogens is 5. The van der Waals surface area contributed by atoms with Crippen LogP contribution in [0.15, 0.2) is 23.2 Å². The van der Waals surface area contributed by atoms with Crippen LogP contribution in [0.1, 0.15) is 30.9 Å². The summed E-state index contributed by atoms with van der Waals surface area (Å²) in [4.78, 5) is 4.32. The number of hydrogen-bond acceptors (Lipinski definition) is 4. The zero-order chi connectivity index (χ0) is 19.8. The summed E-state index contributed by atoms with van der Waals surface area (Å²) in [5, 5.41) is 9.03. The standard InChI is InChI=1S/C19H28BrN5OSi/c1-13(2)16-17(15-9-14(3)19-21-11-22-24(19)10-15)25(23-18(16)20)12-26-7-8-27(4,5)6/h9-11,13H,7-8,12H2,1-6H3. The topological polar surface area (TPSA) is 57.2 Å². The number of nitrogens with zero attached hydrogens (tertiary/aromatic N) is 5. The minimum absolute atomic E-state index is 0.330. The van der Waals surface area contributed by atoms with Gasteiger partial charge in [-0.05, 0) is 46.4 Å². The van der Waals surface area contributed by atoms with E-state index in [1.165, 1.54) is 5.56 Å². The van der Waals surface area contributed by atoms with E-state index < -0.39 is 8.07 Å². The van der Waals surface area contributed by atoms with Gasteiger partial charge in [0.15, 0.2) is 5.65 Å². The number of ether oxygens (including phenoxy) is 1. The van der Waals surface area contributed by atoms with E-state index in [9.17, 15) is 0 Å². The minimum Gasteiger partial charge on any atom is -0.360 e. The predicted molar refractivity (Wildman–Crippen MR) is 115 cm³/mol. The average molecular weight is 450 g/mol. The van der Waals surface area contributed by atoms with Crippen molar-refractivity contribution < 1.29 is 4.74 Å². The minimum atomic E-state index is -1.11. The number of fused-ring (bicyclic) bond motifs is 1. The van der Waals surface area contributed by atoms with Crippen molar-refractivity contribution in [1.29, 1.82) is 0 Å². The van der Waals surface area contributed by atoms with Gasteiger partial charge in [-0.2, -0.15) is 10.2 Å². The summed E-state index contributed by atoms with van der Waals surface area (Å²) in [7, 11) is -1.11. The van der Waals surface area contributed by atoms with E-state index in [4.69, 9.17) is 9.84 Å². The van der Waals surface area contributed by atoms with E-state index in [1.807, 2.05) is 15.4 Å². The van der Waals surface area contributed by atoms with Crippen molar-refractivity contribution in [1.82, 2.24) is 24.4 Å². The van der Waals surface area contributed by atoms with Crippen molar-refractivity contribution in [3.8, 4) is 11.3 Å². The summed E-state index contributed by atoms with van der Waals surface area (Å²) < 4.78 is 10.6. The van der Waals surface area contributed by atoms with Gasteiger partial charge in [0, 0.05) is 32.0 Å². The zero-order valence-corrected chi connectivity index (χ0v) is 19.5. The molecule has 3 rings (SSSR count). The average Bonchev–Trinajstić information content (AvgIpc) is 3.14. The zero-order valence-electron chi connectivity index (χ0n) is 17.0. The summed E-state index contributed by atoms with van der Waals surface area (Å²) in [5.41, 5.74) is 5.29. The highest BCUT2D eigenvalue weighted by Gasteiger charge is 2.22. The highest BCUT2D eigenvalue weighted by molar-refractivity contribution is 9.10. The largest absolute Gasteiger partial charge is 0.360 e. The summed E-state index contributed by atoms with van der Waals surface area (Å²) >= 11 is 3.65. The van der Waals surface area contributed by atoms with Crippen LogP contribution in [-0.4, -0.2) is 39.1 Å². The molecule has 146 valence electrons. The monoisotopic (exact) mass is 449 g/mol. The Bertz CT molecular complexity index is 942. The number of hydrogen-bond donors (Lipinski definition) is 0. The van der Waals surface area contributed by atoms with Crippen LogP contribution in [0.3, 0.4) is 0 Å². The molecule has 0 fully saturated rings. The fourth-order valence-electron chi connectivity index (χ4n) is 3.11. The van der Waals surface area contributed by atoms with Gasteiger partial charge < -0.3 is 4.74 Å². The van der Waals surface area contributed by atoms with Crippen molar-refractivity contribution >= 4 is 29.7 Å². The molecule has 3 aromatic heterocycles. The first-order valence-corrected chi connectivity index (χ1v) is 13.8. The van der Waals surface area contributed by atoms with Gasteiger partial charge in [-0.1, -0.05) is 33.5 Å². The lowest BCUT2D eigenvalue weighted by molar-refractivity contribution is 0.0795. The Balaban J connectivity index is 1.98. The van der Waals surface area contributed by atoms with E-state index in [1.54, 1.807) is 6.33 Å². The van der Waals surface area contributed by atoms with Gasteiger partial charge in [-0.3, -0.25) is 0 Å². The summed E-state index contributed by atoms with van der Waals surface area (Å²) in [6.45, 7) is 14.7. The quantitative estimate of drug-likeness (QED) is 0.371. The lowest BCUT2D eigenvalue weighted by Crippen LogP contribution is -2.22. The summed E-state index contributed by atoms with van der Waals surface area (Å²) in [5.74, 6) is 0.330. The van der Waals surface area contributed by atoms with Crippen LogP contribution in [0.4, 0.5) is 0 Å². The summed E-state index contributed by atoms with van der Waals surface area (Å²) in [6, 6.07) is 3.30. The van der Waals surface area contributed by atoms with E-state index in [0.717, 1.165) is 39.7 Å². The molecule has 0 unspecified atom stereocenters. The van der Waals surface area contributed by atoms with Crippen LogP contribution in [0.5, 0.6) is 0 Å². The second-order valence-corrected chi connectivity index (χ2v) is 14.9. The van der Waals surface area contributed by atoms with E-state index >= 15 is 0 Å². The van der Waals surface area contributed by atoms with Gasteiger partial charge in [-0.25, -0.2) is 14.2 Å². The van der Waals surface area contributed by atoms with Gasteiger partial charge in [0.1, 0.15) is 17.7 Å². The molecule has 0 bridgehead atoms. The molecule has 0 aliphatic carbocycles. The third-order valence-corrected chi connectivity index (χ3v) is 6.85. The van der Waals surface area contributed by atoms with Crippen LogP contribution in [0, 0.1) is 6.92 Å². The fraction of sp³-hybridized carbons (Fsp3) is 0.526.